The molecule has 0 aromatic carbocycles. The zero-order valence-electron chi connectivity index (χ0n) is 13.8. The molecule has 6 nitrogen and oxygen atoms in total. The molecule has 6 heteroatoms. The topological polar surface area (TPSA) is 60.2 Å². The van der Waals surface area contributed by atoms with Crippen LogP contribution in [0.3, 0.4) is 0 Å². The molecule has 2 aliphatic heterocycles. The van der Waals surface area contributed by atoms with Crippen molar-refractivity contribution in [2.75, 3.05) is 19.7 Å². The lowest BCUT2D eigenvalue weighted by Crippen LogP contribution is -2.48. The number of hydrogen-bond acceptors (Lipinski definition) is 4. The van der Waals surface area contributed by atoms with E-state index in [9.17, 15) is 4.79 Å². The maximum atomic E-state index is 12.6. The lowest BCUT2D eigenvalue weighted by molar-refractivity contribution is -0.140. The summed E-state index contributed by atoms with van der Waals surface area (Å²) in [6.45, 7) is 8.91. The molecule has 2 saturated heterocycles. The average molecular weight is 306 g/mol. The number of likely N-dealkylation sites (tertiary alicyclic amines) is 1. The number of carbonyl (C=O) groups is 1. The summed E-state index contributed by atoms with van der Waals surface area (Å²) >= 11 is 0. The minimum atomic E-state index is -0.0710. The van der Waals surface area contributed by atoms with Crippen molar-refractivity contribution < 1.29 is 9.53 Å². The Morgan fingerprint density at radius 2 is 2.05 bits per heavy atom. The molecule has 1 aromatic rings. The molecule has 0 saturated carbocycles. The quantitative estimate of drug-likeness (QED) is 0.853. The van der Waals surface area contributed by atoms with Gasteiger partial charge in [-0.3, -0.25) is 4.79 Å². The molecule has 1 amide bonds. The van der Waals surface area contributed by atoms with Crippen LogP contribution in [0.15, 0.2) is 0 Å². The molecule has 1 aromatic heterocycles. The van der Waals surface area contributed by atoms with Crippen molar-refractivity contribution in [1.29, 1.82) is 0 Å². The number of carbonyl (C=O) groups excluding carboxylic acids is 1. The Morgan fingerprint density at radius 3 is 2.59 bits per heavy atom. The van der Waals surface area contributed by atoms with Crippen molar-refractivity contribution in [3.8, 4) is 0 Å². The number of amides is 1. The maximum absolute atomic E-state index is 12.6. The van der Waals surface area contributed by atoms with E-state index in [1.165, 1.54) is 0 Å². The Morgan fingerprint density at radius 1 is 1.32 bits per heavy atom. The standard InChI is InChI=1S/C16H26N4O2/c1-12(11-20-14(3)17-13(2)18-20)15(21)19-8-6-16(7-9-19)5-4-10-22-16/h12H,4-11H2,1-3H3. The van der Waals surface area contributed by atoms with E-state index in [2.05, 4.69) is 10.1 Å². The van der Waals surface area contributed by atoms with Gasteiger partial charge in [-0.15, -0.1) is 0 Å². The summed E-state index contributed by atoms with van der Waals surface area (Å²) in [5.74, 6) is 1.78. The first-order chi connectivity index (χ1) is 10.5. The molecule has 1 spiro atoms. The predicted octanol–water partition coefficient (Wildman–Crippen LogP) is 1.70. The van der Waals surface area contributed by atoms with E-state index < -0.39 is 0 Å². The van der Waals surface area contributed by atoms with Gasteiger partial charge in [0.2, 0.25) is 5.91 Å². The van der Waals surface area contributed by atoms with Crippen molar-refractivity contribution in [2.45, 2.75) is 58.6 Å². The van der Waals surface area contributed by atoms with Crippen molar-refractivity contribution in [1.82, 2.24) is 19.7 Å². The van der Waals surface area contributed by atoms with Crippen molar-refractivity contribution in [2.24, 2.45) is 5.92 Å². The van der Waals surface area contributed by atoms with E-state index >= 15 is 0 Å². The van der Waals surface area contributed by atoms with Gasteiger partial charge in [0.1, 0.15) is 11.6 Å². The first kappa shape index (κ1) is 15.5. The Bertz CT molecular complexity index is 538. The lowest BCUT2D eigenvalue weighted by Gasteiger charge is -2.39. The first-order valence-corrected chi connectivity index (χ1v) is 8.30. The second-order valence-corrected chi connectivity index (χ2v) is 6.75. The third-order valence-electron chi connectivity index (χ3n) is 5.00. The molecule has 0 radical (unpaired) electrons. The molecule has 2 aliphatic rings. The monoisotopic (exact) mass is 306 g/mol. The van der Waals surface area contributed by atoms with Gasteiger partial charge in [0.25, 0.3) is 0 Å². The van der Waals surface area contributed by atoms with Crippen LogP contribution in [-0.2, 0) is 16.1 Å². The molecule has 3 heterocycles. The van der Waals surface area contributed by atoms with Crippen LogP contribution in [0.5, 0.6) is 0 Å². The minimum Gasteiger partial charge on any atom is -0.375 e. The highest BCUT2D eigenvalue weighted by atomic mass is 16.5. The highest BCUT2D eigenvalue weighted by Gasteiger charge is 2.39. The Kier molecular flexibility index (Phi) is 4.21. The van der Waals surface area contributed by atoms with Crippen LogP contribution in [0, 0.1) is 19.8 Å². The van der Waals surface area contributed by atoms with Gasteiger partial charge in [0.05, 0.1) is 18.1 Å². The van der Waals surface area contributed by atoms with Gasteiger partial charge in [0, 0.05) is 19.7 Å². The summed E-state index contributed by atoms with van der Waals surface area (Å²) in [6, 6.07) is 0. The zero-order valence-corrected chi connectivity index (χ0v) is 13.8. The van der Waals surface area contributed by atoms with Gasteiger partial charge < -0.3 is 9.64 Å². The summed E-state index contributed by atoms with van der Waals surface area (Å²) in [7, 11) is 0. The Balaban J connectivity index is 1.56. The normalized spacial score (nSPS) is 22.2. The highest BCUT2D eigenvalue weighted by Crippen LogP contribution is 2.35. The van der Waals surface area contributed by atoms with Gasteiger partial charge >= 0.3 is 0 Å². The summed E-state index contributed by atoms with van der Waals surface area (Å²) in [5.41, 5.74) is 0.0691. The summed E-state index contributed by atoms with van der Waals surface area (Å²) in [4.78, 5) is 18.9. The predicted molar refractivity (Wildman–Crippen MR) is 82.4 cm³/mol. The lowest BCUT2D eigenvalue weighted by atomic mass is 9.88. The van der Waals surface area contributed by atoms with Crippen LogP contribution in [0.2, 0.25) is 0 Å². The molecule has 22 heavy (non-hydrogen) atoms. The second kappa shape index (κ2) is 5.99. The number of ether oxygens (including phenoxy) is 1. The smallest absolute Gasteiger partial charge is 0.227 e. The van der Waals surface area contributed by atoms with Gasteiger partial charge in [0.15, 0.2) is 0 Å². The number of aryl methyl sites for hydroxylation is 2. The Hall–Kier alpha value is -1.43. The van der Waals surface area contributed by atoms with Crippen LogP contribution in [-0.4, -0.2) is 50.9 Å². The molecule has 0 aliphatic carbocycles. The SMILES string of the molecule is Cc1nc(C)n(CC(C)C(=O)N2CCC3(CCCO3)CC2)n1. The van der Waals surface area contributed by atoms with E-state index in [4.69, 9.17) is 4.74 Å². The largest absolute Gasteiger partial charge is 0.375 e. The van der Waals surface area contributed by atoms with E-state index in [0.29, 0.717) is 6.54 Å². The van der Waals surface area contributed by atoms with Crippen molar-refractivity contribution >= 4 is 5.91 Å². The van der Waals surface area contributed by atoms with Crippen LogP contribution in [0.25, 0.3) is 0 Å². The molecule has 1 unspecified atom stereocenters. The zero-order chi connectivity index (χ0) is 15.7. The van der Waals surface area contributed by atoms with E-state index in [1.54, 1.807) is 0 Å². The molecule has 0 bridgehead atoms. The number of piperidine rings is 1. The Labute approximate surface area is 131 Å². The third-order valence-corrected chi connectivity index (χ3v) is 5.00. The molecule has 2 fully saturated rings. The third kappa shape index (κ3) is 3.02. The molecule has 3 rings (SSSR count). The molecule has 1 atom stereocenters. The van der Waals surface area contributed by atoms with Gasteiger partial charge in [-0.1, -0.05) is 6.92 Å². The van der Waals surface area contributed by atoms with E-state index in [-0.39, 0.29) is 17.4 Å². The van der Waals surface area contributed by atoms with Crippen LogP contribution in [0.1, 0.15) is 44.3 Å². The van der Waals surface area contributed by atoms with Gasteiger partial charge in [-0.25, -0.2) is 9.67 Å². The molecular formula is C16H26N4O2. The fourth-order valence-electron chi connectivity index (χ4n) is 3.67. The first-order valence-electron chi connectivity index (χ1n) is 8.30. The maximum Gasteiger partial charge on any atom is 0.227 e. The highest BCUT2D eigenvalue weighted by molar-refractivity contribution is 5.78. The minimum absolute atomic E-state index is 0.0691. The number of rotatable bonds is 3. The van der Waals surface area contributed by atoms with Gasteiger partial charge in [-0.05, 0) is 39.5 Å². The van der Waals surface area contributed by atoms with Crippen molar-refractivity contribution in [3.05, 3.63) is 11.6 Å². The fraction of sp³-hybridized carbons (Fsp3) is 0.812. The summed E-state index contributed by atoms with van der Waals surface area (Å²) in [5, 5.41) is 4.35. The van der Waals surface area contributed by atoms with Crippen molar-refractivity contribution in [3.63, 3.8) is 0 Å². The average Bonchev–Trinajstić information content (AvgIpc) is 3.06. The number of nitrogens with zero attached hydrogens (tertiary/aromatic N) is 4. The summed E-state index contributed by atoms with van der Waals surface area (Å²) < 4.78 is 7.76. The number of hydrogen-bond donors (Lipinski definition) is 0. The molecule has 122 valence electrons. The van der Waals surface area contributed by atoms with Gasteiger partial charge in [-0.2, -0.15) is 5.10 Å². The van der Waals surface area contributed by atoms with E-state index in [0.717, 1.165) is 57.0 Å². The van der Waals surface area contributed by atoms with Crippen LogP contribution >= 0.6 is 0 Å². The molecular weight excluding hydrogens is 280 g/mol. The summed E-state index contributed by atoms with van der Waals surface area (Å²) in [6.07, 6.45) is 4.27. The fourth-order valence-corrected chi connectivity index (χ4v) is 3.67. The second-order valence-electron chi connectivity index (χ2n) is 6.75. The van der Waals surface area contributed by atoms with Crippen LogP contribution < -0.4 is 0 Å². The number of aromatic nitrogens is 3. The van der Waals surface area contributed by atoms with Crippen LogP contribution in [0.4, 0.5) is 0 Å². The van der Waals surface area contributed by atoms with E-state index in [1.807, 2.05) is 30.4 Å². The molecule has 0 N–H and O–H groups in total.